The molecule has 1 heterocycles. The van der Waals surface area contributed by atoms with E-state index in [4.69, 9.17) is 33.7 Å². The van der Waals surface area contributed by atoms with E-state index in [1.54, 1.807) is 18.2 Å². The van der Waals surface area contributed by atoms with Crippen molar-refractivity contribution in [2.24, 2.45) is 0 Å². The zero-order chi connectivity index (χ0) is 11.5. The monoisotopic (exact) mass is 255 g/mol. The molecular weight excluding hydrogens is 249 g/mol. The van der Waals surface area contributed by atoms with Gasteiger partial charge >= 0.3 is 0 Å². The van der Waals surface area contributed by atoms with Crippen molar-refractivity contribution in [2.45, 2.75) is 0 Å². The van der Waals surface area contributed by atoms with Crippen molar-refractivity contribution in [1.29, 1.82) is 0 Å². The van der Waals surface area contributed by atoms with Crippen molar-refractivity contribution in [3.63, 3.8) is 0 Å². The summed E-state index contributed by atoms with van der Waals surface area (Å²) in [4.78, 5) is 7.64. The van der Waals surface area contributed by atoms with Gasteiger partial charge in [-0.2, -0.15) is 0 Å². The van der Waals surface area contributed by atoms with E-state index in [0.717, 1.165) is 0 Å². The van der Waals surface area contributed by atoms with Gasteiger partial charge in [-0.3, -0.25) is 0 Å². The SMILES string of the molecule is Nc1cc(Oc2cccc(Cl)c2Cl)ncn1. The van der Waals surface area contributed by atoms with Crippen LogP contribution >= 0.6 is 23.2 Å². The zero-order valence-electron chi connectivity index (χ0n) is 8.02. The lowest BCUT2D eigenvalue weighted by Gasteiger charge is -2.07. The van der Waals surface area contributed by atoms with Gasteiger partial charge in [0.1, 0.15) is 22.9 Å². The van der Waals surface area contributed by atoms with Crippen LogP contribution in [0.5, 0.6) is 11.6 Å². The van der Waals surface area contributed by atoms with E-state index in [9.17, 15) is 0 Å². The summed E-state index contributed by atoms with van der Waals surface area (Å²) in [6.45, 7) is 0. The molecule has 0 saturated carbocycles. The Kier molecular flexibility index (Phi) is 3.12. The molecule has 0 radical (unpaired) electrons. The summed E-state index contributed by atoms with van der Waals surface area (Å²) in [6, 6.07) is 6.59. The molecule has 0 fully saturated rings. The number of nitrogens with zero attached hydrogens (tertiary/aromatic N) is 2. The van der Waals surface area contributed by atoms with Crippen LogP contribution < -0.4 is 10.5 Å². The molecule has 4 nitrogen and oxygen atoms in total. The van der Waals surface area contributed by atoms with Gasteiger partial charge in [0.05, 0.1) is 5.02 Å². The van der Waals surface area contributed by atoms with Gasteiger partial charge in [-0.05, 0) is 12.1 Å². The summed E-state index contributed by atoms with van der Waals surface area (Å²) in [5, 5.41) is 0.752. The molecule has 2 rings (SSSR count). The van der Waals surface area contributed by atoms with Gasteiger partial charge < -0.3 is 10.5 Å². The number of ether oxygens (including phenoxy) is 1. The van der Waals surface area contributed by atoms with Crippen LogP contribution in [0.15, 0.2) is 30.6 Å². The predicted molar refractivity (Wildman–Crippen MR) is 63.0 cm³/mol. The molecule has 0 aliphatic rings. The number of aromatic nitrogens is 2. The minimum atomic E-state index is 0.316. The molecule has 2 aromatic rings. The minimum absolute atomic E-state index is 0.316. The first-order valence-electron chi connectivity index (χ1n) is 4.36. The highest BCUT2D eigenvalue weighted by Gasteiger charge is 2.07. The molecule has 0 atom stereocenters. The number of benzene rings is 1. The lowest BCUT2D eigenvalue weighted by Crippen LogP contribution is -1.94. The third kappa shape index (κ3) is 2.35. The van der Waals surface area contributed by atoms with Crippen molar-refractivity contribution in [3.05, 3.63) is 40.6 Å². The summed E-state index contributed by atoms with van der Waals surface area (Å²) < 4.78 is 5.42. The van der Waals surface area contributed by atoms with E-state index in [1.165, 1.54) is 12.4 Å². The molecule has 2 N–H and O–H groups in total. The van der Waals surface area contributed by atoms with E-state index in [2.05, 4.69) is 9.97 Å². The highest BCUT2D eigenvalue weighted by atomic mass is 35.5. The number of hydrogen-bond donors (Lipinski definition) is 1. The van der Waals surface area contributed by atoms with E-state index < -0.39 is 0 Å². The summed E-state index contributed by atoms with van der Waals surface area (Å²) in [7, 11) is 0. The van der Waals surface area contributed by atoms with E-state index >= 15 is 0 Å². The second-order valence-electron chi connectivity index (χ2n) is 2.94. The Labute approximate surface area is 102 Å². The average Bonchev–Trinajstić information content (AvgIpc) is 2.25. The molecule has 0 spiro atoms. The second kappa shape index (κ2) is 4.55. The number of rotatable bonds is 2. The third-order valence-corrected chi connectivity index (χ3v) is 2.60. The number of nitrogen functional groups attached to an aromatic ring is 1. The number of nitrogens with two attached hydrogens (primary N) is 1. The van der Waals surface area contributed by atoms with Crippen molar-refractivity contribution in [3.8, 4) is 11.6 Å². The highest BCUT2D eigenvalue weighted by molar-refractivity contribution is 6.42. The van der Waals surface area contributed by atoms with Gasteiger partial charge in [-0.1, -0.05) is 29.3 Å². The molecule has 0 aliphatic carbocycles. The Bertz CT molecular complexity index is 519. The molecule has 0 saturated heterocycles. The summed E-state index contributed by atoms with van der Waals surface area (Å²) in [5.74, 6) is 1.06. The van der Waals surface area contributed by atoms with Crippen LogP contribution in [-0.2, 0) is 0 Å². The van der Waals surface area contributed by atoms with Crippen molar-refractivity contribution < 1.29 is 4.74 Å². The summed E-state index contributed by atoms with van der Waals surface area (Å²) in [5.41, 5.74) is 5.49. The maximum absolute atomic E-state index is 5.95. The first-order chi connectivity index (χ1) is 7.66. The Balaban J connectivity index is 2.31. The van der Waals surface area contributed by atoms with E-state index in [0.29, 0.717) is 27.5 Å². The standard InChI is InChI=1S/C10H7Cl2N3O/c11-6-2-1-3-7(10(6)12)16-9-4-8(13)14-5-15-9/h1-5H,(H2,13,14,15). The average molecular weight is 256 g/mol. The smallest absolute Gasteiger partial charge is 0.224 e. The number of halogens is 2. The fraction of sp³-hybridized carbons (Fsp3) is 0. The summed E-state index contributed by atoms with van der Waals surface area (Å²) in [6.07, 6.45) is 1.31. The number of anilines is 1. The maximum atomic E-state index is 5.95. The van der Waals surface area contributed by atoms with Gasteiger partial charge in [0, 0.05) is 6.07 Å². The van der Waals surface area contributed by atoms with Crippen LogP contribution in [0.1, 0.15) is 0 Å². The highest BCUT2D eigenvalue weighted by Crippen LogP contribution is 2.33. The Morgan fingerprint density at radius 3 is 2.75 bits per heavy atom. The topological polar surface area (TPSA) is 61.0 Å². The van der Waals surface area contributed by atoms with E-state index in [-0.39, 0.29) is 0 Å². The third-order valence-electron chi connectivity index (χ3n) is 1.79. The van der Waals surface area contributed by atoms with Crippen LogP contribution in [0.25, 0.3) is 0 Å². The van der Waals surface area contributed by atoms with Crippen LogP contribution in [0.2, 0.25) is 10.0 Å². The quantitative estimate of drug-likeness (QED) is 0.896. The maximum Gasteiger partial charge on any atom is 0.224 e. The van der Waals surface area contributed by atoms with Gasteiger partial charge in [0.25, 0.3) is 0 Å². The van der Waals surface area contributed by atoms with Crippen molar-refractivity contribution in [1.82, 2.24) is 9.97 Å². The zero-order valence-corrected chi connectivity index (χ0v) is 9.53. The molecule has 0 amide bonds. The van der Waals surface area contributed by atoms with Crippen LogP contribution in [-0.4, -0.2) is 9.97 Å². The first kappa shape index (κ1) is 11.0. The molecule has 6 heteroatoms. The Hall–Kier alpha value is -1.52. The lowest BCUT2D eigenvalue weighted by atomic mass is 10.3. The fourth-order valence-electron chi connectivity index (χ4n) is 1.08. The fourth-order valence-corrected chi connectivity index (χ4v) is 1.42. The van der Waals surface area contributed by atoms with Crippen LogP contribution in [0.4, 0.5) is 5.82 Å². The molecule has 0 unspecified atom stereocenters. The van der Waals surface area contributed by atoms with Gasteiger partial charge in [0.15, 0.2) is 0 Å². The van der Waals surface area contributed by atoms with E-state index in [1.807, 2.05) is 0 Å². The second-order valence-corrected chi connectivity index (χ2v) is 3.72. The van der Waals surface area contributed by atoms with Crippen molar-refractivity contribution >= 4 is 29.0 Å². The van der Waals surface area contributed by atoms with Gasteiger partial charge in [0.2, 0.25) is 5.88 Å². The largest absolute Gasteiger partial charge is 0.437 e. The summed E-state index contributed by atoms with van der Waals surface area (Å²) >= 11 is 11.8. The molecule has 0 aliphatic heterocycles. The first-order valence-corrected chi connectivity index (χ1v) is 5.12. The lowest BCUT2D eigenvalue weighted by molar-refractivity contribution is 0.462. The minimum Gasteiger partial charge on any atom is -0.437 e. The van der Waals surface area contributed by atoms with Crippen LogP contribution in [0.3, 0.4) is 0 Å². The predicted octanol–water partition coefficient (Wildman–Crippen LogP) is 3.16. The number of hydrogen-bond acceptors (Lipinski definition) is 4. The Morgan fingerprint density at radius 1 is 1.19 bits per heavy atom. The van der Waals surface area contributed by atoms with Crippen LogP contribution in [0, 0.1) is 0 Å². The van der Waals surface area contributed by atoms with Gasteiger partial charge in [-0.25, -0.2) is 9.97 Å². The molecule has 1 aromatic heterocycles. The Morgan fingerprint density at radius 2 is 2.00 bits per heavy atom. The normalized spacial score (nSPS) is 10.1. The molecule has 82 valence electrons. The molecule has 1 aromatic carbocycles. The molecule has 0 bridgehead atoms. The van der Waals surface area contributed by atoms with Gasteiger partial charge in [-0.15, -0.1) is 0 Å². The molecule has 16 heavy (non-hydrogen) atoms. The van der Waals surface area contributed by atoms with Crippen molar-refractivity contribution in [2.75, 3.05) is 5.73 Å². The molecular formula is C10H7Cl2N3O.